The van der Waals surface area contributed by atoms with Crippen molar-refractivity contribution in [3.8, 4) is 11.3 Å². The maximum absolute atomic E-state index is 13.9. The Balaban J connectivity index is 2.35. The van der Waals surface area contributed by atoms with Crippen LogP contribution < -0.4 is 5.32 Å². The summed E-state index contributed by atoms with van der Waals surface area (Å²) in [7, 11) is 1.59. The average molecular weight is 288 g/mol. The largest absolute Gasteiger partial charge is 0.387 e. The molecule has 0 fully saturated rings. The SMILES string of the molecule is CNc1cc(-c2ccccc2)nc2cc(F)c(F)c(F)c12. The molecule has 0 aliphatic carbocycles. The minimum absolute atomic E-state index is 0.0592. The number of pyridine rings is 1. The van der Waals surface area contributed by atoms with Gasteiger partial charge in [0.05, 0.1) is 16.6 Å². The third kappa shape index (κ3) is 2.20. The summed E-state index contributed by atoms with van der Waals surface area (Å²) in [5.74, 6) is -3.98. The van der Waals surface area contributed by atoms with Crippen LogP contribution in [0.15, 0.2) is 42.5 Å². The molecule has 2 aromatic carbocycles. The molecule has 1 N–H and O–H groups in total. The number of halogens is 3. The number of nitrogens with one attached hydrogen (secondary N) is 1. The molecule has 0 atom stereocenters. The van der Waals surface area contributed by atoms with Gasteiger partial charge in [0.1, 0.15) is 0 Å². The Labute approximate surface area is 119 Å². The zero-order valence-corrected chi connectivity index (χ0v) is 11.1. The van der Waals surface area contributed by atoms with Gasteiger partial charge in [0.25, 0.3) is 0 Å². The zero-order chi connectivity index (χ0) is 15.0. The lowest BCUT2D eigenvalue weighted by atomic mass is 10.1. The predicted molar refractivity (Wildman–Crippen MR) is 76.6 cm³/mol. The quantitative estimate of drug-likeness (QED) is 0.709. The number of hydrogen-bond acceptors (Lipinski definition) is 2. The maximum atomic E-state index is 13.9. The Hall–Kier alpha value is -2.56. The topological polar surface area (TPSA) is 24.9 Å². The Kier molecular flexibility index (Phi) is 3.25. The highest BCUT2D eigenvalue weighted by Gasteiger charge is 2.18. The molecule has 3 aromatic rings. The predicted octanol–water partition coefficient (Wildman–Crippen LogP) is 4.36. The van der Waals surface area contributed by atoms with Gasteiger partial charge < -0.3 is 5.32 Å². The number of rotatable bonds is 2. The fourth-order valence-electron chi connectivity index (χ4n) is 2.25. The van der Waals surface area contributed by atoms with Gasteiger partial charge >= 0.3 is 0 Å². The van der Waals surface area contributed by atoms with Crippen LogP contribution in [0.3, 0.4) is 0 Å². The molecule has 0 amide bonds. The lowest BCUT2D eigenvalue weighted by Crippen LogP contribution is -2.00. The number of hydrogen-bond donors (Lipinski definition) is 1. The second-order valence-corrected chi connectivity index (χ2v) is 4.55. The Morgan fingerprint density at radius 2 is 1.67 bits per heavy atom. The van der Waals surface area contributed by atoms with Crippen LogP contribution in [0.5, 0.6) is 0 Å². The molecule has 3 rings (SSSR count). The van der Waals surface area contributed by atoms with Crippen LogP contribution in [-0.4, -0.2) is 12.0 Å². The van der Waals surface area contributed by atoms with Gasteiger partial charge in [-0.25, -0.2) is 18.2 Å². The van der Waals surface area contributed by atoms with Crippen LogP contribution in [0.2, 0.25) is 0 Å². The first kappa shape index (κ1) is 13.4. The average Bonchev–Trinajstić information content (AvgIpc) is 2.52. The van der Waals surface area contributed by atoms with Crippen molar-refractivity contribution in [1.29, 1.82) is 0 Å². The number of fused-ring (bicyclic) bond motifs is 1. The number of anilines is 1. The van der Waals surface area contributed by atoms with Crippen LogP contribution in [0, 0.1) is 17.5 Å². The van der Waals surface area contributed by atoms with E-state index >= 15 is 0 Å². The lowest BCUT2D eigenvalue weighted by molar-refractivity contribution is 0.453. The summed E-state index contributed by atoms with van der Waals surface area (Å²) in [6, 6.07) is 11.7. The van der Waals surface area contributed by atoms with Gasteiger partial charge in [0.15, 0.2) is 17.5 Å². The summed E-state index contributed by atoms with van der Waals surface area (Å²) in [5.41, 5.74) is 1.78. The van der Waals surface area contributed by atoms with E-state index in [1.165, 1.54) is 0 Å². The molecule has 0 spiro atoms. The molecule has 0 bridgehead atoms. The van der Waals surface area contributed by atoms with Crippen molar-refractivity contribution in [2.45, 2.75) is 0 Å². The number of aromatic nitrogens is 1. The Morgan fingerprint density at radius 3 is 2.33 bits per heavy atom. The van der Waals surface area contributed by atoms with Gasteiger partial charge in [0.2, 0.25) is 0 Å². The highest BCUT2D eigenvalue weighted by atomic mass is 19.2. The highest BCUT2D eigenvalue weighted by Crippen LogP contribution is 2.31. The van der Waals surface area contributed by atoms with Crippen molar-refractivity contribution in [1.82, 2.24) is 4.98 Å². The summed E-state index contributed by atoms with van der Waals surface area (Å²) in [6.45, 7) is 0. The zero-order valence-electron chi connectivity index (χ0n) is 11.1. The first-order chi connectivity index (χ1) is 10.1. The van der Waals surface area contributed by atoms with Gasteiger partial charge in [-0.3, -0.25) is 0 Å². The van der Waals surface area contributed by atoms with E-state index in [4.69, 9.17) is 0 Å². The van der Waals surface area contributed by atoms with Crippen molar-refractivity contribution >= 4 is 16.6 Å². The van der Waals surface area contributed by atoms with Crippen LogP contribution in [-0.2, 0) is 0 Å². The molecule has 1 heterocycles. The van der Waals surface area contributed by atoms with Gasteiger partial charge in [-0.2, -0.15) is 0 Å². The molecule has 5 heteroatoms. The van der Waals surface area contributed by atoms with E-state index in [0.717, 1.165) is 11.6 Å². The summed E-state index contributed by atoms with van der Waals surface area (Å²) in [6.07, 6.45) is 0. The number of nitrogens with zero attached hydrogens (tertiary/aromatic N) is 1. The highest BCUT2D eigenvalue weighted by molar-refractivity contribution is 5.94. The van der Waals surface area contributed by atoms with Gasteiger partial charge in [0, 0.05) is 24.4 Å². The molecule has 0 saturated heterocycles. The first-order valence-corrected chi connectivity index (χ1v) is 6.33. The summed E-state index contributed by atoms with van der Waals surface area (Å²) < 4.78 is 40.7. The van der Waals surface area contributed by atoms with Crippen molar-refractivity contribution in [2.75, 3.05) is 12.4 Å². The van der Waals surface area contributed by atoms with Crippen molar-refractivity contribution < 1.29 is 13.2 Å². The standard InChI is InChI=1S/C16H11F3N2/c1-20-12-8-11(9-5-3-2-4-6-9)21-13-7-10(17)15(18)16(19)14(12)13/h2-8H,1H3,(H,20,21). The second-order valence-electron chi connectivity index (χ2n) is 4.55. The maximum Gasteiger partial charge on any atom is 0.195 e. The summed E-state index contributed by atoms with van der Waals surface area (Å²) in [5, 5.41) is 2.74. The second kappa shape index (κ2) is 5.09. The fourth-order valence-corrected chi connectivity index (χ4v) is 2.25. The third-order valence-corrected chi connectivity index (χ3v) is 3.27. The minimum atomic E-state index is -1.49. The van der Waals surface area contributed by atoms with Crippen molar-refractivity contribution in [3.05, 3.63) is 59.9 Å². The van der Waals surface area contributed by atoms with Crippen molar-refractivity contribution in [3.63, 3.8) is 0 Å². The van der Waals surface area contributed by atoms with E-state index in [2.05, 4.69) is 10.3 Å². The smallest absolute Gasteiger partial charge is 0.195 e. The van der Waals surface area contributed by atoms with E-state index in [9.17, 15) is 13.2 Å². The third-order valence-electron chi connectivity index (χ3n) is 3.27. The molecule has 0 aliphatic rings. The molecule has 0 aliphatic heterocycles. The normalized spacial score (nSPS) is 10.9. The van der Waals surface area contributed by atoms with Gasteiger partial charge in [-0.05, 0) is 6.07 Å². The minimum Gasteiger partial charge on any atom is -0.387 e. The van der Waals surface area contributed by atoms with Crippen LogP contribution in [0.1, 0.15) is 0 Å². The van der Waals surface area contributed by atoms with E-state index in [1.54, 1.807) is 13.1 Å². The lowest BCUT2D eigenvalue weighted by Gasteiger charge is -2.11. The molecule has 21 heavy (non-hydrogen) atoms. The summed E-state index contributed by atoms with van der Waals surface area (Å²) in [4.78, 5) is 4.23. The molecule has 0 saturated carbocycles. The van der Waals surface area contributed by atoms with Gasteiger partial charge in [-0.1, -0.05) is 30.3 Å². The van der Waals surface area contributed by atoms with E-state index in [1.807, 2.05) is 30.3 Å². The molecule has 2 nitrogen and oxygen atoms in total. The Bertz CT molecular complexity index is 817. The monoisotopic (exact) mass is 288 g/mol. The van der Waals surface area contributed by atoms with Crippen LogP contribution in [0.25, 0.3) is 22.2 Å². The molecule has 0 unspecified atom stereocenters. The van der Waals surface area contributed by atoms with E-state index < -0.39 is 17.5 Å². The van der Waals surface area contributed by atoms with Gasteiger partial charge in [-0.15, -0.1) is 0 Å². The molecule has 106 valence electrons. The first-order valence-electron chi connectivity index (χ1n) is 6.33. The molecular formula is C16H11F3N2. The van der Waals surface area contributed by atoms with E-state index in [-0.39, 0.29) is 10.9 Å². The van der Waals surface area contributed by atoms with E-state index in [0.29, 0.717) is 11.4 Å². The molecular weight excluding hydrogens is 277 g/mol. The molecule has 1 aromatic heterocycles. The summed E-state index contributed by atoms with van der Waals surface area (Å²) >= 11 is 0. The van der Waals surface area contributed by atoms with Crippen molar-refractivity contribution in [2.24, 2.45) is 0 Å². The fraction of sp³-hybridized carbons (Fsp3) is 0.0625. The Morgan fingerprint density at radius 1 is 0.952 bits per heavy atom. The molecule has 0 radical (unpaired) electrons. The number of benzene rings is 2. The van der Waals surface area contributed by atoms with Crippen LogP contribution in [0.4, 0.5) is 18.9 Å². The van der Waals surface area contributed by atoms with Crippen LogP contribution >= 0.6 is 0 Å².